The topological polar surface area (TPSA) is 77.1 Å². The molecule has 0 atom stereocenters. The molecule has 0 aliphatic heterocycles. The number of hydrogen-bond donors (Lipinski definition) is 2. The van der Waals surface area contributed by atoms with Gasteiger partial charge in [-0.3, -0.25) is 14.2 Å². The van der Waals surface area contributed by atoms with Crippen LogP contribution in [-0.4, -0.2) is 16.4 Å². The van der Waals surface area contributed by atoms with E-state index in [1.165, 1.54) is 4.57 Å². The van der Waals surface area contributed by atoms with Crippen molar-refractivity contribution < 1.29 is 9.59 Å². The minimum atomic E-state index is -0.393. The number of nitrogens with one attached hydrogen (secondary N) is 1. The second-order valence-corrected chi connectivity index (χ2v) is 6.68. The lowest BCUT2D eigenvalue weighted by atomic mass is 10.1. The Hall–Kier alpha value is -3.57. The summed E-state index contributed by atoms with van der Waals surface area (Å²) in [5.41, 5.74) is 8.20. The molecule has 0 saturated carbocycles. The van der Waals surface area contributed by atoms with Crippen LogP contribution in [0.4, 0.5) is 11.5 Å². The normalized spacial score (nSPS) is 10.8. The van der Waals surface area contributed by atoms with Crippen LogP contribution in [0.5, 0.6) is 0 Å². The Morgan fingerprint density at radius 1 is 0.857 bits per heavy atom. The summed E-state index contributed by atoms with van der Waals surface area (Å²) < 4.78 is 1.38. The number of nitrogens with two attached hydrogens (primary N) is 1. The van der Waals surface area contributed by atoms with Crippen LogP contribution < -0.4 is 11.1 Å². The molecule has 28 heavy (non-hydrogen) atoms. The number of halogens is 1. The van der Waals surface area contributed by atoms with Gasteiger partial charge in [0.05, 0.1) is 11.1 Å². The summed E-state index contributed by atoms with van der Waals surface area (Å²) in [7, 11) is 0. The van der Waals surface area contributed by atoms with Crippen LogP contribution in [0.1, 0.15) is 20.7 Å². The van der Waals surface area contributed by atoms with E-state index in [0.717, 1.165) is 0 Å². The molecule has 3 N–H and O–H groups in total. The molecular formula is C22H16ClN3O2. The second kappa shape index (κ2) is 7.21. The van der Waals surface area contributed by atoms with E-state index in [1.54, 1.807) is 72.8 Å². The van der Waals surface area contributed by atoms with E-state index >= 15 is 0 Å². The van der Waals surface area contributed by atoms with Crippen molar-refractivity contribution in [3.05, 3.63) is 95.0 Å². The summed E-state index contributed by atoms with van der Waals surface area (Å²) in [6.45, 7) is 0. The molecule has 0 radical (unpaired) electrons. The maximum Gasteiger partial charge on any atom is 0.263 e. The summed E-state index contributed by atoms with van der Waals surface area (Å²) in [5, 5.41) is 3.99. The van der Waals surface area contributed by atoms with Crippen LogP contribution in [-0.2, 0) is 0 Å². The van der Waals surface area contributed by atoms with Gasteiger partial charge in [0.1, 0.15) is 5.82 Å². The van der Waals surface area contributed by atoms with Crippen molar-refractivity contribution in [2.45, 2.75) is 0 Å². The maximum atomic E-state index is 13.0. The van der Waals surface area contributed by atoms with Crippen LogP contribution in [0.15, 0.2) is 78.9 Å². The van der Waals surface area contributed by atoms with Gasteiger partial charge in [0, 0.05) is 21.7 Å². The van der Waals surface area contributed by atoms with Crippen molar-refractivity contribution >= 4 is 45.8 Å². The van der Waals surface area contributed by atoms with Gasteiger partial charge in [-0.15, -0.1) is 0 Å². The van der Waals surface area contributed by atoms with E-state index in [4.69, 9.17) is 17.3 Å². The number of carbonyl (C=O) groups is 2. The molecule has 3 aromatic carbocycles. The zero-order valence-corrected chi connectivity index (χ0v) is 15.5. The van der Waals surface area contributed by atoms with E-state index in [-0.39, 0.29) is 17.3 Å². The molecule has 0 saturated heterocycles. The third kappa shape index (κ3) is 3.12. The highest BCUT2D eigenvalue weighted by Crippen LogP contribution is 2.30. The first-order valence-electron chi connectivity index (χ1n) is 8.62. The zero-order chi connectivity index (χ0) is 19.7. The third-order valence-corrected chi connectivity index (χ3v) is 4.72. The summed E-state index contributed by atoms with van der Waals surface area (Å²) in [6, 6.07) is 22.7. The van der Waals surface area contributed by atoms with E-state index < -0.39 is 5.91 Å². The average Bonchev–Trinajstić information content (AvgIpc) is 3.01. The monoisotopic (exact) mass is 389 g/mol. The number of hydrogen-bond acceptors (Lipinski definition) is 3. The van der Waals surface area contributed by atoms with E-state index in [0.29, 0.717) is 27.2 Å². The minimum absolute atomic E-state index is 0.0986. The fraction of sp³-hybridized carbons (Fsp3) is 0. The van der Waals surface area contributed by atoms with Crippen molar-refractivity contribution in [3.63, 3.8) is 0 Å². The van der Waals surface area contributed by atoms with Gasteiger partial charge < -0.3 is 11.1 Å². The first-order chi connectivity index (χ1) is 13.6. The summed E-state index contributed by atoms with van der Waals surface area (Å²) in [6.07, 6.45) is 0. The number of para-hydroxylation sites is 1. The van der Waals surface area contributed by atoms with Gasteiger partial charge in [-0.05, 0) is 42.5 Å². The molecule has 0 bridgehead atoms. The highest BCUT2D eigenvalue weighted by atomic mass is 35.5. The lowest BCUT2D eigenvalue weighted by Gasteiger charge is -2.08. The predicted octanol–water partition coefficient (Wildman–Crippen LogP) is 4.82. The molecule has 0 aliphatic rings. The molecule has 5 nitrogen and oxygen atoms in total. The molecule has 1 amide bonds. The molecule has 138 valence electrons. The van der Waals surface area contributed by atoms with Crippen LogP contribution >= 0.6 is 11.6 Å². The highest BCUT2D eigenvalue weighted by molar-refractivity contribution is 6.30. The van der Waals surface area contributed by atoms with Crippen molar-refractivity contribution in [1.29, 1.82) is 0 Å². The SMILES string of the molecule is Nc1c(C(=O)Nc2ccc(Cl)cc2)c2ccccc2n1C(=O)c1ccccc1. The second-order valence-electron chi connectivity index (χ2n) is 6.24. The van der Waals surface area contributed by atoms with E-state index in [2.05, 4.69) is 5.32 Å². The van der Waals surface area contributed by atoms with Crippen molar-refractivity contribution in [1.82, 2.24) is 4.57 Å². The minimum Gasteiger partial charge on any atom is -0.384 e. The largest absolute Gasteiger partial charge is 0.384 e. The number of anilines is 2. The summed E-state index contributed by atoms with van der Waals surface area (Å²) >= 11 is 5.89. The van der Waals surface area contributed by atoms with Gasteiger partial charge in [-0.2, -0.15) is 0 Å². The number of aromatic nitrogens is 1. The lowest BCUT2D eigenvalue weighted by Crippen LogP contribution is -2.17. The Morgan fingerprint density at radius 2 is 1.50 bits per heavy atom. The third-order valence-electron chi connectivity index (χ3n) is 4.46. The van der Waals surface area contributed by atoms with Crippen LogP contribution in [0, 0.1) is 0 Å². The van der Waals surface area contributed by atoms with Crippen LogP contribution in [0.2, 0.25) is 5.02 Å². The quantitative estimate of drug-likeness (QED) is 0.527. The Bertz CT molecular complexity index is 1180. The molecule has 4 aromatic rings. The molecule has 1 aromatic heterocycles. The Balaban J connectivity index is 1.81. The molecule has 4 rings (SSSR count). The highest BCUT2D eigenvalue weighted by Gasteiger charge is 2.24. The van der Waals surface area contributed by atoms with Crippen molar-refractivity contribution in [2.24, 2.45) is 0 Å². The Morgan fingerprint density at radius 3 is 2.21 bits per heavy atom. The van der Waals surface area contributed by atoms with Gasteiger partial charge in [-0.25, -0.2) is 0 Å². The van der Waals surface area contributed by atoms with Gasteiger partial charge in [0.25, 0.3) is 11.8 Å². The van der Waals surface area contributed by atoms with Crippen LogP contribution in [0.3, 0.4) is 0 Å². The molecule has 0 fully saturated rings. The number of benzene rings is 3. The molecule has 6 heteroatoms. The zero-order valence-electron chi connectivity index (χ0n) is 14.7. The summed E-state index contributed by atoms with van der Waals surface area (Å²) in [5.74, 6) is -0.586. The fourth-order valence-electron chi connectivity index (χ4n) is 3.15. The maximum absolute atomic E-state index is 13.0. The number of rotatable bonds is 3. The number of nitrogen functional groups attached to an aromatic ring is 1. The lowest BCUT2D eigenvalue weighted by molar-refractivity contribution is 0.0967. The number of amides is 1. The summed E-state index contributed by atoms with van der Waals surface area (Å²) in [4.78, 5) is 26.0. The molecule has 1 heterocycles. The van der Waals surface area contributed by atoms with E-state index in [9.17, 15) is 9.59 Å². The van der Waals surface area contributed by atoms with Gasteiger partial charge in [0.2, 0.25) is 0 Å². The Kier molecular flexibility index (Phi) is 4.59. The first kappa shape index (κ1) is 17.8. The van der Waals surface area contributed by atoms with Crippen molar-refractivity contribution in [2.75, 3.05) is 11.1 Å². The Labute approximate surface area is 166 Å². The number of carbonyl (C=O) groups excluding carboxylic acids is 2. The predicted molar refractivity (Wildman–Crippen MR) is 112 cm³/mol. The van der Waals surface area contributed by atoms with E-state index in [1.807, 2.05) is 6.07 Å². The average molecular weight is 390 g/mol. The van der Waals surface area contributed by atoms with Crippen LogP contribution in [0.25, 0.3) is 10.9 Å². The molecule has 0 aliphatic carbocycles. The van der Waals surface area contributed by atoms with Gasteiger partial charge in [-0.1, -0.05) is 48.0 Å². The van der Waals surface area contributed by atoms with Gasteiger partial charge >= 0.3 is 0 Å². The molecular weight excluding hydrogens is 374 g/mol. The molecule has 0 spiro atoms. The first-order valence-corrected chi connectivity index (χ1v) is 8.99. The fourth-order valence-corrected chi connectivity index (χ4v) is 3.28. The number of nitrogens with zero attached hydrogens (tertiary/aromatic N) is 1. The standard InChI is InChI=1S/C22H16ClN3O2/c23-15-10-12-16(13-11-15)25-21(27)19-17-8-4-5-9-18(17)26(20(19)24)22(28)14-6-2-1-3-7-14/h1-13H,24H2,(H,25,27). The van der Waals surface area contributed by atoms with Gasteiger partial charge in [0.15, 0.2) is 0 Å². The smallest absolute Gasteiger partial charge is 0.263 e. The van der Waals surface area contributed by atoms with Crippen molar-refractivity contribution in [3.8, 4) is 0 Å². The number of fused-ring (bicyclic) bond motifs is 1. The molecule has 0 unspecified atom stereocenters.